The molecule has 2 heterocycles. The van der Waals surface area contributed by atoms with Gasteiger partial charge in [0, 0.05) is 65.4 Å². The van der Waals surface area contributed by atoms with Crippen LogP contribution in [0.4, 0.5) is 0 Å². The number of carbonyl (C=O) groups excluding carboxylic acids is 3. The highest BCUT2D eigenvalue weighted by Crippen LogP contribution is 2.28. The smallest absolute Gasteiger partial charge is 0.317 e. The van der Waals surface area contributed by atoms with E-state index in [0.717, 1.165) is 4.90 Å². The molecular weight excluding hydrogens is 652 g/mol. The quantitative estimate of drug-likeness (QED) is 0.174. The lowest BCUT2D eigenvalue weighted by Crippen LogP contribution is -2.50. The number of imide groups is 1. The molecule has 0 unspecified atom stereocenters. The molecule has 0 aliphatic carbocycles. The van der Waals surface area contributed by atoms with Crippen molar-refractivity contribution in [2.75, 3.05) is 91.6 Å². The minimum absolute atomic E-state index is 0.0282. The zero-order valence-electron chi connectivity index (χ0n) is 21.2. The number of nitrogens with zero attached hydrogens (tertiary/aromatic N) is 5. The average molecular weight is 684 g/mol. The Balaban J connectivity index is 2.02. The van der Waals surface area contributed by atoms with Crippen LogP contribution in [0.25, 0.3) is 0 Å². The maximum atomic E-state index is 12.7. The Morgan fingerprint density at radius 1 is 0.615 bits per heavy atom. The van der Waals surface area contributed by atoms with Gasteiger partial charge in [-0.2, -0.15) is 0 Å². The van der Waals surface area contributed by atoms with Crippen LogP contribution in [0.3, 0.4) is 0 Å². The highest BCUT2D eigenvalue weighted by atomic mass is 79.9. The molecule has 4 N–H and O–H groups in total. The van der Waals surface area contributed by atoms with Gasteiger partial charge >= 0.3 is 17.9 Å². The van der Waals surface area contributed by atoms with Gasteiger partial charge in [0.25, 0.3) is 11.8 Å². The van der Waals surface area contributed by atoms with Gasteiger partial charge in [0.15, 0.2) is 0 Å². The number of rotatable bonds is 11. The van der Waals surface area contributed by atoms with Gasteiger partial charge < -0.3 is 20.6 Å². The Bertz CT molecular complexity index is 939. The molecule has 0 aromatic carbocycles. The zero-order valence-corrected chi connectivity index (χ0v) is 24.4. The molecule has 218 valence electrons. The number of hydrogen-bond acceptors (Lipinski definition) is 10. The largest absolute Gasteiger partial charge is 0.480 e. The van der Waals surface area contributed by atoms with Crippen molar-refractivity contribution in [3.8, 4) is 0 Å². The summed E-state index contributed by atoms with van der Waals surface area (Å²) in [6.07, 6.45) is 0. The predicted molar refractivity (Wildman–Crippen MR) is 143 cm³/mol. The third-order valence-corrected chi connectivity index (χ3v) is 8.09. The van der Waals surface area contributed by atoms with E-state index in [1.54, 1.807) is 19.6 Å². The number of carbonyl (C=O) groups is 6. The summed E-state index contributed by atoms with van der Waals surface area (Å²) in [7, 11) is 0. The number of amides is 3. The summed E-state index contributed by atoms with van der Waals surface area (Å²) >= 11 is 6.08. The molecule has 0 saturated carbocycles. The van der Waals surface area contributed by atoms with Crippen molar-refractivity contribution in [3.63, 3.8) is 0 Å². The van der Waals surface area contributed by atoms with Crippen LogP contribution in [0.2, 0.25) is 0 Å². The Kier molecular flexibility index (Phi) is 13.4. The van der Waals surface area contributed by atoms with Gasteiger partial charge in [-0.05, 0) is 31.9 Å². The number of aliphatic carboxylic acids is 3. The maximum absolute atomic E-state index is 12.7. The molecule has 0 atom stereocenters. The first-order chi connectivity index (χ1) is 18.4. The molecule has 0 radical (unpaired) electrons. The molecular formula is C22H32Br2N6O9. The lowest BCUT2D eigenvalue weighted by molar-refractivity contribution is -0.140. The van der Waals surface area contributed by atoms with Gasteiger partial charge in [0.05, 0.1) is 26.2 Å². The van der Waals surface area contributed by atoms with Gasteiger partial charge in [0.2, 0.25) is 5.91 Å². The van der Waals surface area contributed by atoms with E-state index in [1.807, 2.05) is 0 Å². The first-order valence-corrected chi connectivity index (χ1v) is 13.7. The monoisotopic (exact) mass is 682 g/mol. The van der Waals surface area contributed by atoms with E-state index in [2.05, 4.69) is 37.2 Å². The van der Waals surface area contributed by atoms with Crippen LogP contribution in [-0.2, 0) is 28.8 Å². The van der Waals surface area contributed by atoms with Crippen LogP contribution in [-0.4, -0.2) is 167 Å². The third kappa shape index (κ3) is 11.3. The summed E-state index contributed by atoms with van der Waals surface area (Å²) in [5.74, 6) is -4.52. The van der Waals surface area contributed by atoms with Crippen molar-refractivity contribution in [1.29, 1.82) is 0 Å². The van der Waals surface area contributed by atoms with Gasteiger partial charge in [-0.25, -0.2) is 0 Å². The number of hydrogen-bond donors (Lipinski definition) is 4. The Morgan fingerprint density at radius 2 is 0.923 bits per heavy atom. The predicted octanol–water partition coefficient (Wildman–Crippen LogP) is -2.05. The summed E-state index contributed by atoms with van der Waals surface area (Å²) in [6, 6.07) is 0. The maximum Gasteiger partial charge on any atom is 0.317 e. The second kappa shape index (κ2) is 16.0. The zero-order chi connectivity index (χ0) is 29.1. The minimum Gasteiger partial charge on any atom is -0.480 e. The highest BCUT2D eigenvalue weighted by molar-refractivity contribution is 9.14. The molecule has 17 heteroatoms. The van der Waals surface area contributed by atoms with Crippen LogP contribution < -0.4 is 5.32 Å². The first-order valence-electron chi connectivity index (χ1n) is 12.1. The molecule has 0 spiro atoms. The molecule has 1 fully saturated rings. The van der Waals surface area contributed by atoms with Crippen LogP contribution in [0.5, 0.6) is 0 Å². The van der Waals surface area contributed by atoms with Crippen LogP contribution in [0.15, 0.2) is 8.96 Å². The summed E-state index contributed by atoms with van der Waals surface area (Å²) in [4.78, 5) is 78.6. The van der Waals surface area contributed by atoms with E-state index in [1.165, 1.54) is 0 Å². The van der Waals surface area contributed by atoms with E-state index >= 15 is 0 Å². The van der Waals surface area contributed by atoms with Crippen molar-refractivity contribution in [1.82, 2.24) is 29.8 Å². The van der Waals surface area contributed by atoms with Crippen molar-refractivity contribution in [3.05, 3.63) is 8.96 Å². The highest BCUT2D eigenvalue weighted by Gasteiger charge is 2.35. The van der Waals surface area contributed by atoms with E-state index in [0.29, 0.717) is 13.1 Å². The average Bonchev–Trinajstić information content (AvgIpc) is 3.02. The van der Waals surface area contributed by atoms with E-state index in [9.17, 15) is 44.1 Å². The molecule has 0 aromatic rings. The minimum atomic E-state index is -1.04. The fourth-order valence-corrected chi connectivity index (χ4v) is 4.84. The molecule has 2 aliphatic rings. The van der Waals surface area contributed by atoms with Gasteiger partial charge in [0.1, 0.15) is 8.96 Å². The second-order valence-electron chi connectivity index (χ2n) is 9.03. The van der Waals surface area contributed by atoms with E-state index in [4.69, 9.17) is 0 Å². The van der Waals surface area contributed by atoms with Crippen LogP contribution in [0, 0.1) is 0 Å². The summed E-state index contributed by atoms with van der Waals surface area (Å²) in [6.45, 7) is 1.41. The fourth-order valence-electron chi connectivity index (χ4n) is 4.07. The Morgan fingerprint density at radius 3 is 1.23 bits per heavy atom. The molecule has 0 bridgehead atoms. The van der Waals surface area contributed by atoms with Gasteiger partial charge in [-0.3, -0.25) is 53.3 Å². The Labute approximate surface area is 241 Å². The topological polar surface area (TPSA) is 191 Å². The molecule has 1 saturated heterocycles. The Hall–Kier alpha value is -2.44. The van der Waals surface area contributed by atoms with Crippen molar-refractivity contribution in [2.45, 2.75) is 0 Å². The van der Waals surface area contributed by atoms with Crippen molar-refractivity contribution in [2.24, 2.45) is 0 Å². The summed E-state index contributed by atoms with van der Waals surface area (Å²) in [5, 5.41) is 30.5. The lowest BCUT2D eigenvalue weighted by Gasteiger charge is -2.32. The molecule has 15 nitrogen and oxygen atoms in total. The molecule has 2 rings (SSSR count). The van der Waals surface area contributed by atoms with Crippen LogP contribution >= 0.6 is 31.9 Å². The second-order valence-corrected chi connectivity index (χ2v) is 10.6. The van der Waals surface area contributed by atoms with E-state index < -0.39 is 29.7 Å². The van der Waals surface area contributed by atoms with E-state index in [-0.39, 0.29) is 93.4 Å². The SMILES string of the molecule is O=C(O)CN1CCN(CC(=O)O)CCN(CC(=O)NCCN2C(=O)C(Br)=C(Br)C2=O)CCN(CC(=O)O)CC1. The standard InChI is InChI=1S/C22H32Br2N6O9/c23-19-20(24)22(39)30(21(19)38)2-1-25-15(31)11-26-3-5-27(12-16(32)33)7-9-29(14-18(36)37)10-8-28(6-4-26)13-17(34)35/h1-14H2,(H,25,31)(H,32,33)(H,34,35)(H,36,37). The molecule has 0 aromatic heterocycles. The molecule has 3 amide bonds. The molecule has 2 aliphatic heterocycles. The lowest BCUT2D eigenvalue weighted by atomic mass is 10.3. The van der Waals surface area contributed by atoms with Gasteiger partial charge in [-0.15, -0.1) is 0 Å². The summed E-state index contributed by atoms with van der Waals surface area (Å²) in [5.41, 5.74) is 0. The van der Waals surface area contributed by atoms with Gasteiger partial charge in [-0.1, -0.05) is 0 Å². The third-order valence-electron chi connectivity index (χ3n) is 6.09. The number of carboxylic acid groups (broad SMARTS) is 3. The molecule has 39 heavy (non-hydrogen) atoms. The number of carboxylic acids is 3. The number of halogens is 2. The first kappa shape index (κ1) is 32.8. The van der Waals surface area contributed by atoms with Crippen LogP contribution in [0.1, 0.15) is 0 Å². The summed E-state index contributed by atoms with van der Waals surface area (Å²) < 4.78 is 0.224. The fraction of sp³-hybridized carbons (Fsp3) is 0.636. The number of nitrogens with one attached hydrogen (secondary N) is 1. The van der Waals surface area contributed by atoms with Crippen molar-refractivity contribution < 1.29 is 44.1 Å². The van der Waals surface area contributed by atoms with Crippen molar-refractivity contribution >= 4 is 67.5 Å². The normalized spacial score (nSPS) is 19.6.